The van der Waals surface area contributed by atoms with Crippen LogP contribution in [0.3, 0.4) is 0 Å². The molecule has 3 N–H and O–H groups in total. The van der Waals surface area contributed by atoms with Crippen LogP contribution in [-0.4, -0.2) is 15.9 Å². The summed E-state index contributed by atoms with van der Waals surface area (Å²) in [5, 5.41) is 2.80. The smallest absolute Gasteiger partial charge is 0.257 e. The van der Waals surface area contributed by atoms with E-state index in [1.807, 2.05) is 12.1 Å². The molecule has 0 saturated carbocycles. The fraction of sp³-hybridized carbons (Fsp3) is 0.0714. The first-order chi connectivity index (χ1) is 9.09. The number of thiocarbonyl (C=S) groups is 1. The average Bonchev–Trinajstić information content (AvgIpc) is 2.39. The third kappa shape index (κ3) is 2.95. The van der Waals surface area contributed by atoms with Crippen molar-refractivity contribution >= 4 is 28.8 Å². The summed E-state index contributed by atoms with van der Waals surface area (Å²) in [5.41, 5.74) is 8.07. The van der Waals surface area contributed by atoms with Crippen molar-refractivity contribution in [1.82, 2.24) is 4.98 Å². The number of nitrogens with two attached hydrogens (primary N) is 1. The number of hydrogen-bond donors (Lipinski definition) is 2. The van der Waals surface area contributed by atoms with E-state index in [2.05, 4.69) is 10.3 Å². The normalized spacial score (nSPS) is 9.95. The quantitative estimate of drug-likeness (QED) is 0.840. The van der Waals surface area contributed by atoms with Gasteiger partial charge in [0.25, 0.3) is 5.91 Å². The Morgan fingerprint density at radius 2 is 1.89 bits per heavy atom. The summed E-state index contributed by atoms with van der Waals surface area (Å²) in [6, 6.07) is 10.6. The molecular weight excluding hydrogens is 258 g/mol. The summed E-state index contributed by atoms with van der Waals surface area (Å²) in [7, 11) is 0. The van der Waals surface area contributed by atoms with Crippen molar-refractivity contribution in [3.05, 3.63) is 59.4 Å². The maximum atomic E-state index is 12.2. The summed E-state index contributed by atoms with van der Waals surface area (Å²) in [6.07, 6.45) is 1.65. The minimum absolute atomic E-state index is 0.228. The second-order valence-corrected chi connectivity index (χ2v) is 4.44. The van der Waals surface area contributed by atoms with E-state index < -0.39 is 0 Å². The van der Waals surface area contributed by atoms with E-state index in [4.69, 9.17) is 18.0 Å². The standard InChI is InChI=1S/C14H13N3OS/c1-9-10(6-4-8-16-9)14(18)17-12-7-3-2-5-11(12)13(15)19/h2-8H,1H3,(H2,15,19)(H,17,18). The summed E-state index contributed by atoms with van der Waals surface area (Å²) >= 11 is 4.96. The molecule has 0 saturated heterocycles. The highest BCUT2D eigenvalue weighted by Crippen LogP contribution is 2.16. The lowest BCUT2D eigenvalue weighted by atomic mass is 10.1. The number of pyridine rings is 1. The number of carbonyl (C=O) groups is 1. The van der Waals surface area contributed by atoms with Crippen molar-refractivity contribution in [3.8, 4) is 0 Å². The number of rotatable bonds is 3. The van der Waals surface area contributed by atoms with E-state index in [0.29, 0.717) is 22.5 Å². The predicted octanol–water partition coefficient (Wildman–Crippen LogP) is 2.28. The number of benzene rings is 1. The summed E-state index contributed by atoms with van der Waals surface area (Å²) < 4.78 is 0. The fourth-order valence-corrected chi connectivity index (χ4v) is 1.90. The van der Waals surface area contributed by atoms with Crippen LogP contribution in [0.2, 0.25) is 0 Å². The Morgan fingerprint density at radius 1 is 1.21 bits per heavy atom. The molecule has 0 fully saturated rings. The van der Waals surface area contributed by atoms with Crippen molar-refractivity contribution in [1.29, 1.82) is 0 Å². The van der Waals surface area contributed by atoms with Crippen LogP contribution < -0.4 is 11.1 Å². The Hall–Kier alpha value is -2.27. The van der Waals surface area contributed by atoms with Gasteiger partial charge in [0.1, 0.15) is 4.99 Å². The van der Waals surface area contributed by atoms with Gasteiger partial charge in [-0.3, -0.25) is 9.78 Å². The largest absolute Gasteiger partial charge is 0.389 e. The Morgan fingerprint density at radius 3 is 2.58 bits per heavy atom. The lowest BCUT2D eigenvalue weighted by molar-refractivity contribution is 0.102. The van der Waals surface area contributed by atoms with Gasteiger partial charge in [-0.1, -0.05) is 24.4 Å². The number of carbonyl (C=O) groups excluding carboxylic acids is 1. The molecule has 0 unspecified atom stereocenters. The van der Waals surface area contributed by atoms with E-state index in [9.17, 15) is 4.79 Å². The molecule has 0 aliphatic heterocycles. The van der Waals surface area contributed by atoms with E-state index >= 15 is 0 Å². The summed E-state index contributed by atoms with van der Waals surface area (Å²) in [5.74, 6) is -0.228. The number of amides is 1. The molecule has 2 aromatic rings. The predicted molar refractivity (Wildman–Crippen MR) is 79.3 cm³/mol. The molecule has 0 aliphatic carbocycles. The highest BCUT2D eigenvalue weighted by atomic mass is 32.1. The number of nitrogens with zero attached hydrogens (tertiary/aromatic N) is 1. The van der Waals surface area contributed by atoms with Gasteiger partial charge < -0.3 is 11.1 Å². The second kappa shape index (κ2) is 5.58. The van der Waals surface area contributed by atoms with Crippen LogP contribution in [0.25, 0.3) is 0 Å². The van der Waals surface area contributed by atoms with Crippen molar-refractivity contribution in [2.75, 3.05) is 5.32 Å². The van der Waals surface area contributed by atoms with E-state index in [1.54, 1.807) is 37.4 Å². The zero-order valence-electron chi connectivity index (χ0n) is 10.4. The second-order valence-electron chi connectivity index (χ2n) is 4.00. The fourth-order valence-electron chi connectivity index (χ4n) is 1.72. The SMILES string of the molecule is Cc1ncccc1C(=O)Nc1ccccc1C(N)=S. The molecule has 0 aliphatic rings. The molecule has 1 heterocycles. The van der Waals surface area contributed by atoms with E-state index in [-0.39, 0.29) is 10.9 Å². The highest BCUT2D eigenvalue weighted by Gasteiger charge is 2.12. The number of hydrogen-bond acceptors (Lipinski definition) is 3. The number of anilines is 1. The van der Waals surface area contributed by atoms with Gasteiger partial charge in [-0.25, -0.2) is 0 Å². The summed E-state index contributed by atoms with van der Waals surface area (Å²) in [4.78, 5) is 16.5. The Bertz CT molecular complexity index is 640. The number of aryl methyl sites for hydroxylation is 1. The molecule has 5 heteroatoms. The highest BCUT2D eigenvalue weighted by molar-refractivity contribution is 7.80. The lowest BCUT2D eigenvalue weighted by Crippen LogP contribution is -2.18. The third-order valence-corrected chi connectivity index (χ3v) is 2.91. The van der Waals surface area contributed by atoms with Crippen LogP contribution in [0.4, 0.5) is 5.69 Å². The molecule has 2 rings (SSSR count). The van der Waals surface area contributed by atoms with Crippen LogP contribution in [0, 0.1) is 6.92 Å². The number of nitrogens with one attached hydrogen (secondary N) is 1. The summed E-state index contributed by atoms with van der Waals surface area (Å²) in [6.45, 7) is 1.79. The van der Waals surface area contributed by atoms with Gasteiger partial charge in [0, 0.05) is 17.5 Å². The Kier molecular flexibility index (Phi) is 3.87. The van der Waals surface area contributed by atoms with Gasteiger partial charge in [-0.05, 0) is 31.2 Å². The molecule has 0 spiro atoms. The van der Waals surface area contributed by atoms with E-state index in [0.717, 1.165) is 0 Å². The molecule has 1 aromatic carbocycles. The van der Waals surface area contributed by atoms with Crippen molar-refractivity contribution in [2.45, 2.75) is 6.92 Å². The van der Waals surface area contributed by atoms with E-state index in [1.165, 1.54) is 0 Å². The van der Waals surface area contributed by atoms with Crippen LogP contribution >= 0.6 is 12.2 Å². The lowest BCUT2D eigenvalue weighted by Gasteiger charge is -2.10. The first-order valence-corrected chi connectivity index (χ1v) is 6.12. The van der Waals surface area contributed by atoms with Crippen LogP contribution in [-0.2, 0) is 0 Å². The zero-order chi connectivity index (χ0) is 13.8. The van der Waals surface area contributed by atoms with Crippen LogP contribution in [0.5, 0.6) is 0 Å². The number of aromatic nitrogens is 1. The molecular formula is C14H13N3OS. The Labute approximate surface area is 116 Å². The van der Waals surface area contributed by atoms with Gasteiger partial charge in [-0.15, -0.1) is 0 Å². The number of para-hydroxylation sites is 1. The molecule has 0 radical (unpaired) electrons. The van der Waals surface area contributed by atoms with Crippen LogP contribution in [0.15, 0.2) is 42.6 Å². The molecule has 19 heavy (non-hydrogen) atoms. The first kappa shape index (κ1) is 13.2. The van der Waals surface area contributed by atoms with Gasteiger partial charge in [0.2, 0.25) is 0 Å². The van der Waals surface area contributed by atoms with Crippen molar-refractivity contribution in [3.63, 3.8) is 0 Å². The minimum atomic E-state index is -0.228. The monoisotopic (exact) mass is 271 g/mol. The maximum absolute atomic E-state index is 12.2. The molecule has 0 atom stereocenters. The molecule has 96 valence electrons. The molecule has 1 aromatic heterocycles. The van der Waals surface area contributed by atoms with Crippen LogP contribution in [0.1, 0.15) is 21.6 Å². The van der Waals surface area contributed by atoms with Gasteiger partial charge in [-0.2, -0.15) is 0 Å². The molecule has 1 amide bonds. The minimum Gasteiger partial charge on any atom is -0.389 e. The van der Waals surface area contributed by atoms with Gasteiger partial charge in [0.15, 0.2) is 0 Å². The average molecular weight is 271 g/mol. The third-order valence-electron chi connectivity index (χ3n) is 2.69. The molecule has 0 bridgehead atoms. The first-order valence-electron chi connectivity index (χ1n) is 5.71. The van der Waals surface area contributed by atoms with Crippen molar-refractivity contribution in [2.24, 2.45) is 5.73 Å². The van der Waals surface area contributed by atoms with Crippen molar-refractivity contribution < 1.29 is 4.79 Å². The topological polar surface area (TPSA) is 68.0 Å². The molecule has 4 nitrogen and oxygen atoms in total. The van der Waals surface area contributed by atoms with Gasteiger partial charge in [0.05, 0.1) is 11.3 Å². The van der Waals surface area contributed by atoms with Gasteiger partial charge >= 0.3 is 0 Å². The zero-order valence-corrected chi connectivity index (χ0v) is 11.2. The maximum Gasteiger partial charge on any atom is 0.257 e. The Balaban J connectivity index is 2.30.